The molecule has 0 amide bonds. The Morgan fingerprint density at radius 3 is 2.89 bits per heavy atom. The third-order valence-electron chi connectivity index (χ3n) is 3.35. The molecule has 0 radical (unpaired) electrons. The quantitative estimate of drug-likeness (QED) is 0.885. The van der Waals surface area contributed by atoms with Gasteiger partial charge in [-0.1, -0.05) is 12.1 Å². The molecule has 1 aliphatic rings. The van der Waals surface area contributed by atoms with Crippen LogP contribution < -0.4 is 10.2 Å². The number of anilines is 2. The first-order valence-corrected chi connectivity index (χ1v) is 6.90. The molecule has 0 bridgehead atoms. The molecule has 0 fully saturated rings. The van der Waals surface area contributed by atoms with Crippen LogP contribution in [-0.2, 0) is 4.74 Å². The van der Waals surface area contributed by atoms with Crippen molar-refractivity contribution in [2.24, 2.45) is 4.99 Å². The molecule has 19 heavy (non-hydrogen) atoms. The second-order valence-corrected chi connectivity index (χ2v) is 4.84. The molecule has 0 atom stereocenters. The van der Waals surface area contributed by atoms with Crippen LogP contribution in [0.5, 0.6) is 0 Å². The van der Waals surface area contributed by atoms with E-state index in [2.05, 4.69) is 46.5 Å². The van der Waals surface area contributed by atoms with Crippen molar-refractivity contribution in [3.8, 4) is 0 Å². The topological polar surface area (TPSA) is 36.9 Å². The molecular weight excluding hydrogens is 238 g/mol. The van der Waals surface area contributed by atoms with E-state index in [9.17, 15) is 0 Å². The van der Waals surface area contributed by atoms with Crippen molar-refractivity contribution in [2.45, 2.75) is 19.3 Å². The molecule has 1 aromatic carbocycles. The summed E-state index contributed by atoms with van der Waals surface area (Å²) in [7, 11) is 3.82. The van der Waals surface area contributed by atoms with E-state index in [0.29, 0.717) is 0 Å². The summed E-state index contributed by atoms with van der Waals surface area (Å²) in [5, 5.41) is 3.47. The van der Waals surface area contributed by atoms with Gasteiger partial charge in [-0.05, 0) is 25.0 Å². The highest BCUT2D eigenvalue weighted by atomic mass is 16.5. The van der Waals surface area contributed by atoms with E-state index in [0.717, 1.165) is 37.6 Å². The fourth-order valence-corrected chi connectivity index (χ4v) is 2.22. The number of hydrogen-bond acceptors (Lipinski definition) is 4. The molecule has 0 saturated heterocycles. The Hall–Kier alpha value is -1.55. The van der Waals surface area contributed by atoms with Crippen LogP contribution in [0.4, 0.5) is 11.4 Å². The second kappa shape index (κ2) is 7.14. The van der Waals surface area contributed by atoms with Gasteiger partial charge in [-0.3, -0.25) is 4.99 Å². The maximum absolute atomic E-state index is 5.14. The predicted molar refractivity (Wildman–Crippen MR) is 81.4 cm³/mol. The predicted octanol–water partition coefficient (Wildman–Crippen LogP) is 2.76. The lowest BCUT2D eigenvalue weighted by atomic mass is 10.1. The molecule has 2 rings (SSSR count). The number of aliphatic imine (C=N–C) groups is 1. The fraction of sp³-hybridized carbons (Fsp3) is 0.533. The molecule has 0 aromatic heterocycles. The molecular formula is C15H23N3O. The van der Waals surface area contributed by atoms with Gasteiger partial charge in [0, 0.05) is 33.7 Å². The molecule has 4 heteroatoms. The second-order valence-electron chi connectivity index (χ2n) is 4.84. The van der Waals surface area contributed by atoms with Crippen LogP contribution in [-0.4, -0.2) is 39.7 Å². The first kappa shape index (κ1) is 13.9. The van der Waals surface area contributed by atoms with Crippen LogP contribution in [0.2, 0.25) is 0 Å². The lowest BCUT2D eigenvalue weighted by molar-refractivity contribution is 0.206. The fourth-order valence-electron chi connectivity index (χ4n) is 2.22. The summed E-state index contributed by atoms with van der Waals surface area (Å²) in [4.78, 5) is 6.75. The van der Waals surface area contributed by atoms with Crippen LogP contribution in [0.1, 0.15) is 19.3 Å². The summed E-state index contributed by atoms with van der Waals surface area (Å²) >= 11 is 0. The SMILES string of the molecule is COCCN(C)c1ccccc1NC1=NCCCC1. The number of amidine groups is 1. The smallest absolute Gasteiger partial charge is 0.101 e. The van der Waals surface area contributed by atoms with E-state index in [1.54, 1.807) is 7.11 Å². The van der Waals surface area contributed by atoms with Gasteiger partial charge in [-0.15, -0.1) is 0 Å². The molecule has 0 spiro atoms. The van der Waals surface area contributed by atoms with Gasteiger partial charge >= 0.3 is 0 Å². The lowest BCUT2D eigenvalue weighted by Gasteiger charge is -2.23. The third kappa shape index (κ3) is 3.96. The van der Waals surface area contributed by atoms with Gasteiger partial charge in [0.2, 0.25) is 0 Å². The summed E-state index contributed by atoms with van der Waals surface area (Å²) < 4.78 is 5.14. The van der Waals surface area contributed by atoms with Gasteiger partial charge in [0.05, 0.1) is 18.0 Å². The van der Waals surface area contributed by atoms with Crippen molar-refractivity contribution in [1.29, 1.82) is 0 Å². The van der Waals surface area contributed by atoms with Crippen molar-refractivity contribution in [3.63, 3.8) is 0 Å². The van der Waals surface area contributed by atoms with Crippen molar-refractivity contribution in [3.05, 3.63) is 24.3 Å². The number of ether oxygens (including phenoxy) is 1. The Bertz CT molecular complexity index is 431. The third-order valence-corrected chi connectivity index (χ3v) is 3.35. The van der Waals surface area contributed by atoms with Crippen LogP contribution in [0.3, 0.4) is 0 Å². The summed E-state index contributed by atoms with van der Waals surface area (Å²) in [5.74, 6) is 1.11. The van der Waals surface area contributed by atoms with Crippen molar-refractivity contribution >= 4 is 17.2 Å². The van der Waals surface area contributed by atoms with E-state index >= 15 is 0 Å². The van der Waals surface area contributed by atoms with Gasteiger partial charge < -0.3 is 15.0 Å². The first-order valence-electron chi connectivity index (χ1n) is 6.90. The highest BCUT2D eigenvalue weighted by molar-refractivity contribution is 5.98. The Balaban J connectivity index is 2.09. The monoisotopic (exact) mass is 261 g/mol. The van der Waals surface area contributed by atoms with Gasteiger partial charge in [0.25, 0.3) is 0 Å². The van der Waals surface area contributed by atoms with E-state index in [1.165, 1.54) is 18.5 Å². The van der Waals surface area contributed by atoms with Gasteiger partial charge in [0.15, 0.2) is 0 Å². The van der Waals surface area contributed by atoms with E-state index in [1.807, 2.05) is 0 Å². The summed E-state index contributed by atoms with van der Waals surface area (Å²) in [6.07, 6.45) is 3.49. The highest BCUT2D eigenvalue weighted by Crippen LogP contribution is 2.25. The van der Waals surface area contributed by atoms with Crippen molar-refractivity contribution < 1.29 is 4.74 Å². The van der Waals surface area contributed by atoms with Crippen LogP contribution >= 0.6 is 0 Å². The lowest BCUT2D eigenvalue weighted by Crippen LogP contribution is -2.24. The average Bonchev–Trinajstić information content (AvgIpc) is 2.46. The minimum absolute atomic E-state index is 0.728. The van der Waals surface area contributed by atoms with E-state index in [-0.39, 0.29) is 0 Å². The number of methoxy groups -OCH3 is 1. The van der Waals surface area contributed by atoms with E-state index < -0.39 is 0 Å². The molecule has 0 saturated carbocycles. The Labute approximate surface area is 115 Å². The summed E-state index contributed by atoms with van der Waals surface area (Å²) in [5.41, 5.74) is 2.31. The number of hydrogen-bond donors (Lipinski definition) is 1. The standard InChI is InChI=1S/C15H23N3O/c1-18(11-12-19-2)14-8-4-3-7-13(14)17-15-9-5-6-10-16-15/h3-4,7-8H,5-6,9-12H2,1-2H3,(H,16,17). The van der Waals surface area contributed by atoms with Crippen molar-refractivity contribution in [1.82, 2.24) is 0 Å². The van der Waals surface area contributed by atoms with Crippen LogP contribution in [0.15, 0.2) is 29.3 Å². The molecule has 0 aliphatic carbocycles. The molecule has 4 nitrogen and oxygen atoms in total. The van der Waals surface area contributed by atoms with Crippen molar-refractivity contribution in [2.75, 3.05) is 44.1 Å². The Morgan fingerprint density at radius 2 is 2.16 bits per heavy atom. The summed E-state index contributed by atoms with van der Waals surface area (Å²) in [6.45, 7) is 2.55. The Morgan fingerprint density at radius 1 is 1.32 bits per heavy atom. The molecule has 1 N–H and O–H groups in total. The van der Waals surface area contributed by atoms with E-state index in [4.69, 9.17) is 4.74 Å². The number of nitrogens with zero attached hydrogens (tertiary/aromatic N) is 2. The molecule has 1 aromatic rings. The number of benzene rings is 1. The normalized spacial score (nSPS) is 14.9. The number of likely N-dealkylation sites (N-methyl/N-ethyl adjacent to an activating group) is 1. The Kier molecular flexibility index (Phi) is 5.21. The molecule has 1 aliphatic heterocycles. The maximum Gasteiger partial charge on any atom is 0.101 e. The largest absolute Gasteiger partial charge is 0.383 e. The van der Waals surface area contributed by atoms with Gasteiger partial charge in [0.1, 0.15) is 5.84 Å². The average molecular weight is 261 g/mol. The zero-order chi connectivity index (χ0) is 13.5. The first-order chi connectivity index (χ1) is 9.31. The molecule has 0 unspecified atom stereocenters. The maximum atomic E-state index is 5.14. The number of rotatable bonds is 5. The number of para-hydroxylation sites is 2. The zero-order valence-corrected chi connectivity index (χ0v) is 11.9. The summed E-state index contributed by atoms with van der Waals surface area (Å²) in [6, 6.07) is 8.35. The molecule has 104 valence electrons. The van der Waals surface area contributed by atoms with Crippen LogP contribution in [0, 0.1) is 0 Å². The minimum atomic E-state index is 0.728. The van der Waals surface area contributed by atoms with Crippen LogP contribution in [0.25, 0.3) is 0 Å². The van der Waals surface area contributed by atoms with Gasteiger partial charge in [-0.25, -0.2) is 0 Å². The minimum Gasteiger partial charge on any atom is -0.383 e. The van der Waals surface area contributed by atoms with Gasteiger partial charge in [-0.2, -0.15) is 0 Å². The number of nitrogens with one attached hydrogen (secondary N) is 1. The zero-order valence-electron chi connectivity index (χ0n) is 11.9. The molecule has 1 heterocycles. The highest BCUT2D eigenvalue weighted by Gasteiger charge is 2.10.